The second kappa shape index (κ2) is 16.8. The highest BCUT2D eigenvalue weighted by Gasteiger charge is 2.34. The predicted molar refractivity (Wildman–Crippen MR) is 100 cm³/mol. The van der Waals surface area contributed by atoms with Crippen molar-refractivity contribution in [3.8, 4) is 0 Å². The molecular weight excluding hydrogens is 320 g/mol. The lowest BCUT2D eigenvalue weighted by molar-refractivity contribution is -0.212. The maximum Gasteiger partial charge on any atom is 0.366 e. The third kappa shape index (κ3) is 15.3. The summed E-state index contributed by atoms with van der Waals surface area (Å²) < 4.78 is 4.54. The van der Waals surface area contributed by atoms with Gasteiger partial charge in [0.25, 0.3) is 5.79 Å². The minimum Gasteiger partial charge on any atom is -0.459 e. The van der Waals surface area contributed by atoms with Gasteiger partial charge in [-0.15, -0.1) is 0 Å². The summed E-state index contributed by atoms with van der Waals surface area (Å²) in [5.74, 6) is -3.50. The van der Waals surface area contributed by atoms with Crippen molar-refractivity contribution in [3.05, 3.63) is 0 Å². The van der Waals surface area contributed by atoms with Gasteiger partial charge in [0.2, 0.25) is 0 Å². The van der Waals surface area contributed by atoms with Gasteiger partial charge in [0.05, 0.1) is 6.61 Å². The Kier molecular flexibility index (Phi) is 16.4. The molecule has 0 fully saturated rings. The summed E-state index contributed by atoms with van der Waals surface area (Å²) >= 11 is 0. The smallest absolute Gasteiger partial charge is 0.366 e. The van der Waals surface area contributed by atoms with Crippen LogP contribution in [0.4, 0.5) is 0 Å². The summed E-state index contributed by atoms with van der Waals surface area (Å²) in [6.07, 6.45) is 17.1. The molecule has 0 rings (SSSR count). The lowest BCUT2D eigenvalue weighted by Gasteiger charge is -2.19. The van der Waals surface area contributed by atoms with Crippen LogP contribution in [0.5, 0.6) is 0 Å². The number of rotatable bonds is 18. The first kappa shape index (κ1) is 24.4. The van der Waals surface area contributed by atoms with Crippen LogP contribution < -0.4 is 0 Å². The summed E-state index contributed by atoms with van der Waals surface area (Å²) in [4.78, 5) is 11.4. The molecule has 0 atom stereocenters. The number of aliphatic hydroxyl groups excluding tert-OH is 1. The Balaban J connectivity index is 3.34. The summed E-state index contributed by atoms with van der Waals surface area (Å²) in [6.45, 7) is 1.72. The molecular formula is C20H40O5. The van der Waals surface area contributed by atoms with Gasteiger partial charge in [-0.1, -0.05) is 90.4 Å². The van der Waals surface area contributed by atoms with E-state index >= 15 is 0 Å². The zero-order valence-electron chi connectivity index (χ0n) is 16.2. The largest absolute Gasteiger partial charge is 0.459 e. The lowest BCUT2D eigenvalue weighted by atomic mass is 10.0. The van der Waals surface area contributed by atoms with Crippen molar-refractivity contribution < 1.29 is 24.9 Å². The van der Waals surface area contributed by atoms with Crippen LogP contribution >= 0.6 is 0 Å². The van der Waals surface area contributed by atoms with Gasteiger partial charge in [-0.2, -0.15) is 0 Å². The van der Waals surface area contributed by atoms with E-state index < -0.39 is 11.8 Å². The van der Waals surface area contributed by atoms with Crippen molar-refractivity contribution in [2.45, 2.75) is 109 Å². The lowest BCUT2D eigenvalue weighted by Crippen LogP contribution is -2.40. The van der Waals surface area contributed by atoms with Crippen LogP contribution in [0.15, 0.2) is 0 Å². The Morgan fingerprint density at radius 3 is 1.56 bits per heavy atom. The zero-order valence-corrected chi connectivity index (χ0v) is 16.2. The fourth-order valence-electron chi connectivity index (χ4n) is 2.92. The van der Waals surface area contributed by atoms with Gasteiger partial charge < -0.3 is 20.1 Å². The fourth-order valence-corrected chi connectivity index (χ4v) is 2.92. The minimum atomic E-state index is -2.42. The molecule has 0 amide bonds. The SMILES string of the molecule is CCCCCCCCCCCCCCCCC(O)(O)C(=O)OCCO. The summed E-state index contributed by atoms with van der Waals surface area (Å²) in [5.41, 5.74) is 0. The normalized spacial score (nSPS) is 11.7. The summed E-state index contributed by atoms with van der Waals surface area (Å²) in [7, 11) is 0. The van der Waals surface area contributed by atoms with Gasteiger partial charge in [-0.05, 0) is 6.42 Å². The number of hydrogen-bond acceptors (Lipinski definition) is 5. The summed E-state index contributed by atoms with van der Waals surface area (Å²) in [5, 5.41) is 27.7. The van der Waals surface area contributed by atoms with Crippen molar-refractivity contribution in [2.75, 3.05) is 13.2 Å². The number of esters is 1. The van der Waals surface area contributed by atoms with E-state index in [1.165, 1.54) is 64.2 Å². The highest BCUT2D eigenvalue weighted by molar-refractivity contribution is 5.77. The van der Waals surface area contributed by atoms with E-state index in [1.54, 1.807) is 0 Å². The molecule has 0 heterocycles. The van der Waals surface area contributed by atoms with E-state index in [2.05, 4.69) is 11.7 Å². The highest BCUT2D eigenvalue weighted by Crippen LogP contribution is 2.16. The van der Waals surface area contributed by atoms with Gasteiger partial charge in [-0.3, -0.25) is 0 Å². The summed E-state index contributed by atoms with van der Waals surface area (Å²) in [6, 6.07) is 0. The van der Waals surface area contributed by atoms with Gasteiger partial charge in [0.15, 0.2) is 0 Å². The first-order valence-electron chi connectivity index (χ1n) is 10.3. The molecule has 0 aliphatic heterocycles. The van der Waals surface area contributed by atoms with Gasteiger partial charge in [0, 0.05) is 6.42 Å². The molecule has 5 heteroatoms. The average Bonchev–Trinajstić information content (AvgIpc) is 2.59. The maximum atomic E-state index is 11.4. The second-order valence-corrected chi connectivity index (χ2v) is 7.02. The number of carbonyl (C=O) groups excluding carboxylic acids is 1. The molecule has 0 unspecified atom stereocenters. The van der Waals surface area contributed by atoms with E-state index in [-0.39, 0.29) is 19.6 Å². The van der Waals surface area contributed by atoms with E-state index in [0.29, 0.717) is 6.42 Å². The van der Waals surface area contributed by atoms with E-state index in [9.17, 15) is 15.0 Å². The Hall–Kier alpha value is -0.650. The molecule has 0 aliphatic rings. The molecule has 0 radical (unpaired) electrons. The number of carbonyl (C=O) groups is 1. The first-order valence-corrected chi connectivity index (χ1v) is 10.3. The van der Waals surface area contributed by atoms with Gasteiger partial charge >= 0.3 is 5.97 Å². The molecule has 3 N–H and O–H groups in total. The monoisotopic (exact) mass is 360 g/mol. The molecule has 0 bridgehead atoms. The number of hydrogen-bond donors (Lipinski definition) is 3. The van der Waals surface area contributed by atoms with Crippen LogP contribution in [0.1, 0.15) is 103 Å². The average molecular weight is 361 g/mol. The minimum absolute atomic E-state index is 0.0186. The van der Waals surface area contributed by atoms with Crippen molar-refractivity contribution in [2.24, 2.45) is 0 Å². The second-order valence-electron chi connectivity index (χ2n) is 7.02. The van der Waals surface area contributed by atoms with Crippen LogP contribution in [0, 0.1) is 0 Å². The maximum absolute atomic E-state index is 11.4. The number of unbranched alkanes of at least 4 members (excludes halogenated alkanes) is 13. The standard InChI is InChI=1S/C20H40O5/c1-2-3-4-5-6-7-8-9-10-11-12-13-14-15-16-20(23,24)19(22)25-18-17-21/h21,23-24H,2-18H2,1H3. The molecule has 0 aromatic rings. The fraction of sp³-hybridized carbons (Fsp3) is 0.950. The molecule has 0 aromatic heterocycles. The Morgan fingerprint density at radius 1 is 0.760 bits per heavy atom. The van der Waals surface area contributed by atoms with E-state index in [4.69, 9.17) is 5.11 Å². The van der Waals surface area contributed by atoms with Gasteiger partial charge in [-0.25, -0.2) is 4.79 Å². The Bertz CT molecular complexity index is 304. The molecule has 25 heavy (non-hydrogen) atoms. The molecule has 0 aromatic carbocycles. The van der Waals surface area contributed by atoms with Crippen molar-refractivity contribution in [1.82, 2.24) is 0 Å². The Labute approximate surface area is 153 Å². The molecule has 5 nitrogen and oxygen atoms in total. The number of ether oxygens (including phenoxy) is 1. The number of aliphatic hydroxyl groups is 3. The quantitative estimate of drug-likeness (QED) is 0.195. The first-order chi connectivity index (χ1) is 12.0. The molecule has 0 aliphatic carbocycles. The third-order valence-corrected chi connectivity index (χ3v) is 4.53. The molecule has 150 valence electrons. The zero-order chi connectivity index (χ0) is 18.8. The predicted octanol–water partition coefficient (Wildman–Crippen LogP) is 4.07. The Morgan fingerprint density at radius 2 is 1.16 bits per heavy atom. The topological polar surface area (TPSA) is 87.0 Å². The van der Waals surface area contributed by atoms with Crippen molar-refractivity contribution >= 4 is 5.97 Å². The van der Waals surface area contributed by atoms with Crippen LogP contribution in [0.2, 0.25) is 0 Å². The molecule has 0 spiro atoms. The van der Waals surface area contributed by atoms with Gasteiger partial charge in [0.1, 0.15) is 6.61 Å². The van der Waals surface area contributed by atoms with E-state index in [1.807, 2.05) is 0 Å². The van der Waals surface area contributed by atoms with E-state index in [0.717, 1.165) is 19.3 Å². The van der Waals surface area contributed by atoms with Crippen LogP contribution in [-0.2, 0) is 9.53 Å². The third-order valence-electron chi connectivity index (χ3n) is 4.53. The molecule has 0 saturated carbocycles. The molecule has 0 saturated heterocycles. The van der Waals surface area contributed by atoms with Crippen molar-refractivity contribution in [3.63, 3.8) is 0 Å². The van der Waals surface area contributed by atoms with Crippen LogP contribution in [-0.4, -0.2) is 40.3 Å². The van der Waals surface area contributed by atoms with Crippen LogP contribution in [0.3, 0.4) is 0 Å². The van der Waals surface area contributed by atoms with Crippen molar-refractivity contribution in [1.29, 1.82) is 0 Å². The van der Waals surface area contributed by atoms with Crippen LogP contribution in [0.25, 0.3) is 0 Å². The highest BCUT2D eigenvalue weighted by atomic mass is 16.6.